The van der Waals surface area contributed by atoms with Gasteiger partial charge in [0.15, 0.2) is 5.69 Å². The molecule has 174 valence electrons. The summed E-state index contributed by atoms with van der Waals surface area (Å²) in [6, 6.07) is 7.11. The highest BCUT2D eigenvalue weighted by Gasteiger charge is 2.54. The van der Waals surface area contributed by atoms with Crippen LogP contribution in [-0.4, -0.2) is 43.6 Å². The van der Waals surface area contributed by atoms with Gasteiger partial charge in [-0.1, -0.05) is 38.1 Å². The molecule has 7 nitrogen and oxygen atoms in total. The lowest BCUT2D eigenvalue weighted by Crippen LogP contribution is -2.63. The van der Waals surface area contributed by atoms with E-state index in [9.17, 15) is 18.0 Å². The van der Waals surface area contributed by atoms with Gasteiger partial charge in [0, 0.05) is 47.3 Å². The first-order valence-corrected chi connectivity index (χ1v) is 10.8. The van der Waals surface area contributed by atoms with Crippen LogP contribution in [0.2, 0.25) is 0 Å². The second-order valence-electron chi connectivity index (χ2n) is 10.2. The number of carbonyl (C=O) groups excluding carboxylic acids is 1. The molecule has 1 amide bonds. The summed E-state index contributed by atoms with van der Waals surface area (Å²) < 4.78 is 45.1. The Bertz CT molecular complexity index is 1180. The lowest BCUT2D eigenvalue weighted by Gasteiger charge is -2.59. The van der Waals surface area contributed by atoms with Crippen LogP contribution < -0.4 is 0 Å². The first-order valence-electron chi connectivity index (χ1n) is 10.8. The van der Waals surface area contributed by atoms with E-state index >= 15 is 0 Å². The molecule has 2 aromatic heterocycles. The average Bonchev–Trinajstić information content (AvgIpc) is 3.35. The van der Waals surface area contributed by atoms with Crippen molar-refractivity contribution in [2.45, 2.75) is 51.2 Å². The summed E-state index contributed by atoms with van der Waals surface area (Å²) in [6.45, 7) is 7.21. The van der Waals surface area contributed by atoms with E-state index in [1.165, 1.54) is 6.33 Å². The molecule has 0 unspecified atom stereocenters. The van der Waals surface area contributed by atoms with Gasteiger partial charge in [0.05, 0.1) is 6.33 Å². The molecule has 2 aliphatic rings. The van der Waals surface area contributed by atoms with Gasteiger partial charge in [0.2, 0.25) is 11.7 Å². The fraction of sp³-hybridized carbons (Fsp3) is 0.478. The van der Waals surface area contributed by atoms with E-state index < -0.39 is 11.9 Å². The standard InChI is InChI=1S/C23H24F3N5O2/c1-21(2,3)20-28-18(29-33-20)14-4-6-15(7-5-14)19(32)31-11-22(12-31)8-16(9-22)30-10-17(27-13-30)23(24,25)26/h4-7,10,13,16H,8-9,11-12H2,1-3H3. The zero-order valence-corrected chi connectivity index (χ0v) is 18.6. The molecular formula is C23H24F3N5O2. The molecule has 10 heteroatoms. The van der Waals surface area contributed by atoms with E-state index in [0.717, 1.165) is 24.6 Å². The second kappa shape index (κ2) is 7.16. The topological polar surface area (TPSA) is 77.1 Å². The second-order valence-corrected chi connectivity index (χ2v) is 10.2. The highest BCUT2D eigenvalue weighted by Crippen LogP contribution is 2.54. The Labute approximate surface area is 188 Å². The number of imidazole rings is 1. The van der Waals surface area contributed by atoms with Gasteiger partial charge in [-0.25, -0.2) is 4.98 Å². The minimum absolute atomic E-state index is 0.00177. The van der Waals surface area contributed by atoms with Crippen molar-refractivity contribution in [3.05, 3.63) is 53.9 Å². The molecule has 2 fully saturated rings. The molecule has 1 aliphatic heterocycles. The third-order valence-electron chi connectivity index (χ3n) is 6.45. The van der Waals surface area contributed by atoms with Crippen molar-refractivity contribution in [3.8, 4) is 11.4 Å². The van der Waals surface area contributed by atoms with Gasteiger partial charge in [-0.05, 0) is 25.0 Å². The van der Waals surface area contributed by atoms with Gasteiger partial charge in [0.25, 0.3) is 5.91 Å². The minimum Gasteiger partial charge on any atom is -0.338 e. The lowest BCUT2D eigenvalue weighted by molar-refractivity contribution is -0.141. The summed E-state index contributed by atoms with van der Waals surface area (Å²) in [5.74, 6) is 0.976. The van der Waals surface area contributed by atoms with Crippen LogP contribution in [0.15, 0.2) is 41.3 Å². The molecular weight excluding hydrogens is 435 g/mol. The maximum absolute atomic E-state index is 12.8. The number of alkyl halides is 3. The average molecular weight is 459 g/mol. The van der Waals surface area contributed by atoms with Crippen LogP contribution in [-0.2, 0) is 11.6 Å². The molecule has 1 spiro atoms. The van der Waals surface area contributed by atoms with Gasteiger partial charge < -0.3 is 14.0 Å². The zero-order chi connectivity index (χ0) is 23.6. The van der Waals surface area contributed by atoms with Crippen LogP contribution in [0.4, 0.5) is 13.2 Å². The highest BCUT2D eigenvalue weighted by atomic mass is 19.4. The number of hydrogen-bond acceptors (Lipinski definition) is 5. The Hall–Kier alpha value is -3.17. The van der Waals surface area contributed by atoms with Crippen LogP contribution in [0.25, 0.3) is 11.4 Å². The normalized spacial score (nSPS) is 18.3. The lowest BCUT2D eigenvalue weighted by atomic mass is 9.60. The molecule has 1 saturated carbocycles. The number of hydrogen-bond donors (Lipinski definition) is 0. The number of rotatable bonds is 3. The fourth-order valence-electron chi connectivity index (χ4n) is 4.59. The van der Waals surface area contributed by atoms with Crippen LogP contribution in [0.5, 0.6) is 0 Å². The summed E-state index contributed by atoms with van der Waals surface area (Å²) in [7, 11) is 0. The summed E-state index contributed by atoms with van der Waals surface area (Å²) in [5, 5.41) is 4.02. The monoisotopic (exact) mass is 459 g/mol. The Morgan fingerprint density at radius 1 is 1.12 bits per heavy atom. The van der Waals surface area contributed by atoms with Crippen molar-refractivity contribution < 1.29 is 22.5 Å². The van der Waals surface area contributed by atoms with Crippen molar-refractivity contribution in [2.75, 3.05) is 13.1 Å². The number of likely N-dealkylation sites (tertiary alicyclic amines) is 1. The van der Waals surface area contributed by atoms with E-state index in [4.69, 9.17) is 4.52 Å². The van der Waals surface area contributed by atoms with Crippen LogP contribution in [0.3, 0.4) is 0 Å². The van der Waals surface area contributed by atoms with E-state index in [2.05, 4.69) is 15.1 Å². The summed E-state index contributed by atoms with van der Waals surface area (Å²) in [5.41, 5.74) is 0.234. The van der Waals surface area contributed by atoms with E-state index in [-0.39, 0.29) is 22.8 Å². The fourth-order valence-corrected chi connectivity index (χ4v) is 4.59. The number of carbonyl (C=O) groups is 1. The van der Waals surface area contributed by atoms with E-state index in [0.29, 0.717) is 30.4 Å². The quantitative estimate of drug-likeness (QED) is 0.566. The summed E-state index contributed by atoms with van der Waals surface area (Å²) in [4.78, 5) is 22.5. The first kappa shape index (κ1) is 21.7. The predicted octanol–water partition coefficient (Wildman–Crippen LogP) is 4.73. The SMILES string of the molecule is CC(C)(C)c1nc(-c2ccc(C(=O)N3CC4(CC(n5cnc(C(F)(F)F)c5)C4)C3)cc2)no1. The van der Waals surface area contributed by atoms with Crippen molar-refractivity contribution >= 4 is 5.91 Å². The molecule has 3 aromatic rings. The minimum atomic E-state index is -4.43. The van der Waals surface area contributed by atoms with Crippen molar-refractivity contribution in [3.63, 3.8) is 0 Å². The Morgan fingerprint density at radius 3 is 2.33 bits per heavy atom. The predicted molar refractivity (Wildman–Crippen MR) is 112 cm³/mol. The molecule has 1 aliphatic carbocycles. The van der Waals surface area contributed by atoms with E-state index in [1.807, 2.05) is 20.8 Å². The maximum Gasteiger partial charge on any atom is 0.434 e. The van der Waals surface area contributed by atoms with Crippen LogP contribution in [0, 0.1) is 5.41 Å². The Kier molecular flexibility index (Phi) is 4.70. The van der Waals surface area contributed by atoms with Gasteiger partial charge in [-0.2, -0.15) is 18.2 Å². The number of benzene rings is 1. The van der Waals surface area contributed by atoms with Crippen molar-refractivity contribution in [1.82, 2.24) is 24.6 Å². The molecule has 0 N–H and O–H groups in total. The number of nitrogens with zero attached hydrogens (tertiary/aromatic N) is 5. The van der Waals surface area contributed by atoms with Gasteiger partial charge in [-0.15, -0.1) is 0 Å². The summed E-state index contributed by atoms with van der Waals surface area (Å²) in [6.07, 6.45) is -0.623. The molecule has 0 radical (unpaired) electrons. The molecule has 5 rings (SSSR count). The van der Waals surface area contributed by atoms with Crippen molar-refractivity contribution in [2.24, 2.45) is 5.41 Å². The van der Waals surface area contributed by atoms with Crippen LogP contribution in [0.1, 0.15) is 61.6 Å². The Balaban J connectivity index is 1.17. The molecule has 1 aromatic carbocycles. The molecule has 0 bridgehead atoms. The van der Waals surface area contributed by atoms with Gasteiger partial charge >= 0.3 is 6.18 Å². The smallest absolute Gasteiger partial charge is 0.338 e. The molecule has 0 atom stereocenters. The largest absolute Gasteiger partial charge is 0.434 e. The van der Waals surface area contributed by atoms with Crippen molar-refractivity contribution in [1.29, 1.82) is 0 Å². The van der Waals surface area contributed by atoms with E-state index in [1.54, 1.807) is 33.7 Å². The highest BCUT2D eigenvalue weighted by molar-refractivity contribution is 5.95. The molecule has 1 saturated heterocycles. The number of amides is 1. The maximum atomic E-state index is 12.8. The van der Waals surface area contributed by atoms with Gasteiger partial charge in [-0.3, -0.25) is 4.79 Å². The molecule has 33 heavy (non-hydrogen) atoms. The molecule has 3 heterocycles. The summed E-state index contributed by atoms with van der Waals surface area (Å²) >= 11 is 0. The number of halogens is 3. The zero-order valence-electron chi connectivity index (χ0n) is 18.6. The third-order valence-corrected chi connectivity index (χ3v) is 6.45. The van der Waals surface area contributed by atoms with Gasteiger partial charge in [0.1, 0.15) is 0 Å². The Morgan fingerprint density at radius 2 is 1.79 bits per heavy atom. The number of aromatic nitrogens is 4. The van der Waals surface area contributed by atoms with Crippen LogP contribution >= 0.6 is 0 Å². The first-order chi connectivity index (χ1) is 15.4. The third kappa shape index (κ3) is 3.91.